The molecule has 1 N–H and O–H groups in total. The van der Waals surface area contributed by atoms with Crippen LogP contribution in [0.4, 0.5) is 0 Å². The number of benzene rings is 2. The Labute approximate surface area is 135 Å². The molecule has 0 saturated carbocycles. The van der Waals surface area contributed by atoms with E-state index in [0.717, 1.165) is 16.5 Å². The number of hydrogen-bond acceptors (Lipinski definition) is 3. The van der Waals surface area contributed by atoms with Crippen molar-refractivity contribution in [2.75, 3.05) is 19.9 Å². The third-order valence-electron chi connectivity index (χ3n) is 3.32. The van der Waals surface area contributed by atoms with Crippen LogP contribution in [0.15, 0.2) is 47.4 Å². The Hall–Kier alpha value is -1.16. The maximum Gasteiger partial charge on any atom is 0.123 e. The zero-order valence-electron chi connectivity index (χ0n) is 12.5. The average Bonchev–Trinajstić information content (AvgIpc) is 2.48. The van der Waals surface area contributed by atoms with Gasteiger partial charge in [0, 0.05) is 27.3 Å². The van der Waals surface area contributed by atoms with Crippen molar-refractivity contribution in [3.8, 4) is 5.75 Å². The fraction of sp³-hybridized carbons (Fsp3) is 0.294. The lowest BCUT2D eigenvalue weighted by Crippen LogP contribution is -2.19. The standard InChI is InChI=1S/C17H20ClNOS/c1-12-7-8-17(20-3)15(9-12)16(19-2)11-21-14-6-4-5-13(18)10-14/h4-10,16,19H,11H2,1-3H3. The Morgan fingerprint density at radius 1 is 1.24 bits per heavy atom. The van der Waals surface area contributed by atoms with Crippen molar-refractivity contribution < 1.29 is 4.74 Å². The van der Waals surface area contributed by atoms with E-state index in [1.54, 1.807) is 18.9 Å². The Bertz CT molecular complexity index is 603. The first-order chi connectivity index (χ1) is 10.1. The molecule has 0 heterocycles. The van der Waals surface area contributed by atoms with Gasteiger partial charge in [0.15, 0.2) is 0 Å². The molecule has 0 saturated heterocycles. The van der Waals surface area contributed by atoms with E-state index < -0.39 is 0 Å². The predicted octanol–water partition coefficient (Wildman–Crippen LogP) is 4.71. The van der Waals surface area contributed by atoms with Gasteiger partial charge in [-0.2, -0.15) is 0 Å². The van der Waals surface area contributed by atoms with E-state index in [0.29, 0.717) is 0 Å². The summed E-state index contributed by atoms with van der Waals surface area (Å²) >= 11 is 7.82. The van der Waals surface area contributed by atoms with Crippen molar-refractivity contribution >= 4 is 23.4 Å². The first kappa shape index (κ1) is 16.2. The van der Waals surface area contributed by atoms with E-state index >= 15 is 0 Å². The topological polar surface area (TPSA) is 21.3 Å². The lowest BCUT2D eigenvalue weighted by atomic mass is 10.0. The van der Waals surface area contributed by atoms with Gasteiger partial charge in [0.1, 0.15) is 5.75 Å². The van der Waals surface area contributed by atoms with Crippen LogP contribution in [-0.4, -0.2) is 19.9 Å². The van der Waals surface area contributed by atoms with Crippen LogP contribution in [0.5, 0.6) is 5.75 Å². The van der Waals surface area contributed by atoms with Crippen molar-refractivity contribution in [2.24, 2.45) is 0 Å². The maximum absolute atomic E-state index is 6.03. The number of thioether (sulfide) groups is 1. The van der Waals surface area contributed by atoms with Crippen LogP contribution < -0.4 is 10.1 Å². The minimum absolute atomic E-state index is 0.226. The van der Waals surface area contributed by atoms with Crippen molar-refractivity contribution in [1.29, 1.82) is 0 Å². The second kappa shape index (κ2) is 7.74. The molecule has 112 valence electrons. The number of rotatable bonds is 6. The van der Waals surface area contributed by atoms with E-state index in [-0.39, 0.29) is 6.04 Å². The molecule has 1 atom stereocenters. The monoisotopic (exact) mass is 321 g/mol. The molecule has 21 heavy (non-hydrogen) atoms. The Morgan fingerprint density at radius 2 is 2.05 bits per heavy atom. The number of nitrogens with one attached hydrogen (secondary N) is 1. The summed E-state index contributed by atoms with van der Waals surface area (Å²) in [6, 6.07) is 14.4. The summed E-state index contributed by atoms with van der Waals surface area (Å²) < 4.78 is 5.48. The molecule has 0 amide bonds. The summed E-state index contributed by atoms with van der Waals surface area (Å²) in [6.07, 6.45) is 0. The molecule has 0 fully saturated rings. The minimum Gasteiger partial charge on any atom is -0.496 e. The molecule has 0 aliphatic rings. The van der Waals surface area contributed by atoms with Crippen molar-refractivity contribution in [2.45, 2.75) is 17.9 Å². The second-order valence-electron chi connectivity index (χ2n) is 4.86. The average molecular weight is 322 g/mol. The third-order valence-corrected chi connectivity index (χ3v) is 4.64. The molecule has 4 heteroatoms. The fourth-order valence-corrected chi connectivity index (χ4v) is 3.54. The number of hydrogen-bond donors (Lipinski definition) is 1. The Balaban J connectivity index is 2.15. The van der Waals surface area contributed by atoms with E-state index in [9.17, 15) is 0 Å². The van der Waals surface area contributed by atoms with Crippen LogP contribution >= 0.6 is 23.4 Å². The summed E-state index contributed by atoms with van der Waals surface area (Å²) in [4.78, 5) is 1.18. The summed E-state index contributed by atoms with van der Waals surface area (Å²) in [6.45, 7) is 2.10. The molecule has 0 radical (unpaired) electrons. The van der Waals surface area contributed by atoms with E-state index in [1.165, 1.54) is 16.0 Å². The predicted molar refractivity (Wildman–Crippen MR) is 91.7 cm³/mol. The quantitative estimate of drug-likeness (QED) is 0.778. The summed E-state index contributed by atoms with van der Waals surface area (Å²) in [5.41, 5.74) is 2.42. The number of methoxy groups -OCH3 is 1. The SMILES string of the molecule is CNC(CSc1cccc(Cl)c1)c1cc(C)ccc1OC. The summed E-state index contributed by atoms with van der Waals surface area (Å²) in [5.74, 6) is 1.84. The van der Waals surface area contributed by atoms with E-state index in [2.05, 4.69) is 30.4 Å². The van der Waals surface area contributed by atoms with Crippen molar-refractivity contribution in [3.05, 3.63) is 58.6 Å². The normalized spacial score (nSPS) is 12.2. The zero-order chi connectivity index (χ0) is 15.2. The van der Waals surface area contributed by atoms with Gasteiger partial charge in [-0.1, -0.05) is 35.4 Å². The molecule has 0 aromatic heterocycles. The summed E-state index contributed by atoms with van der Waals surface area (Å²) in [5, 5.41) is 4.14. The molecule has 2 aromatic carbocycles. The number of halogens is 1. The minimum atomic E-state index is 0.226. The molecule has 2 aromatic rings. The summed E-state index contributed by atoms with van der Waals surface area (Å²) in [7, 11) is 3.69. The van der Waals surface area contributed by atoms with Crippen LogP contribution in [0, 0.1) is 6.92 Å². The van der Waals surface area contributed by atoms with Crippen LogP contribution in [0.25, 0.3) is 0 Å². The Kier molecular flexibility index (Phi) is 5.97. The second-order valence-corrected chi connectivity index (χ2v) is 6.38. The molecule has 0 bridgehead atoms. The van der Waals surface area contributed by atoms with Gasteiger partial charge in [-0.3, -0.25) is 0 Å². The molecule has 0 aliphatic carbocycles. The number of ether oxygens (including phenoxy) is 1. The highest BCUT2D eigenvalue weighted by atomic mass is 35.5. The van der Waals surface area contributed by atoms with Crippen molar-refractivity contribution in [1.82, 2.24) is 5.32 Å². The van der Waals surface area contributed by atoms with Gasteiger partial charge >= 0.3 is 0 Å². The van der Waals surface area contributed by atoms with Gasteiger partial charge in [-0.25, -0.2) is 0 Å². The molecule has 0 aliphatic heterocycles. The molecule has 2 rings (SSSR count). The lowest BCUT2D eigenvalue weighted by Gasteiger charge is -2.19. The molecular weight excluding hydrogens is 302 g/mol. The maximum atomic E-state index is 6.03. The largest absolute Gasteiger partial charge is 0.496 e. The molecular formula is C17H20ClNOS. The zero-order valence-corrected chi connectivity index (χ0v) is 14.1. The van der Waals surface area contributed by atoms with Crippen LogP contribution in [0.1, 0.15) is 17.2 Å². The van der Waals surface area contributed by atoms with Crippen molar-refractivity contribution in [3.63, 3.8) is 0 Å². The van der Waals surface area contributed by atoms with Gasteiger partial charge in [0.25, 0.3) is 0 Å². The first-order valence-corrected chi connectivity index (χ1v) is 8.20. The van der Waals surface area contributed by atoms with E-state index in [1.807, 2.05) is 31.3 Å². The molecule has 2 nitrogen and oxygen atoms in total. The van der Waals surface area contributed by atoms with Crippen LogP contribution in [0.3, 0.4) is 0 Å². The fourth-order valence-electron chi connectivity index (χ4n) is 2.19. The highest BCUT2D eigenvalue weighted by Crippen LogP contribution is 2.31. The number of aryl methyl sites for hydroxylation is 1. The first-order valence-electron chi connectivity index (χ1n) is 6.84. The van der Waals surface area contributed by atoms with Crippen LogP contribution in [0.2, 0.25) is 5.02 Å². The highest BCUT2D eigenvalue weighted by Gasteiger charge is 2.15. The lowest BCUT2D eigenvalue weighted by molar-refractivity contribution is 0.404. The smallest absolute Gasteiger partial charge is 0.123 e. The Morgan fingerprint density at radius 3 is 2.71 bits per heavy atom. The van der Waals surface area contributed by atoms with E-state index in [4.69, 9.17) is 16.3 Å². The van der Waals surface area contributed by atoms with Gasteiger partial charge in [0.2, 0.25) is 0 Å². The van der Waals surface area contributed by atoms with Gasteiger partial charge in [0.05, 0.1) is 7.11 Å². The van der Waals surface area contributed by atoms with Crippen LogP contribution in [-0.2, 0) is 0 Å². The van der Waals surface area contributed by atoms with Gasteiger partial charge < -0.3 is 10.1 Å². The molecule has 0 spiro atoms. The molecule has 1 unspecified atom stereocenters. The van der Waals surface area contributed by atoms with Gasteiger partial charge in [-0.05, 0) is 38.2 Å². The third kappa shape index (κ3) is 4.40. The van der Waals surface area contributed by atoms with Gasteiger partial charge in [-0.15, -0.1) is 11.8 Å². The highest BCUT2D eigenvalue weighted by molar-refractivity contribution is 7.99.